The Labute approximate surface area is 78.9 Å². The third-order valence-corrected chi connectivity index (χ3v) is 1.34. The van der Waals surface area contributed by atoms with Gasteiger partial charge in [-0.1, -0.05) is 0 Å². The zero-order chi connectivity index (χ0) is 7.28. The van der Waals surface area contributed by atoms with E-state index in [2.05, 4.69) is 5.32 Å². The Bertz CT molecular complexity index is 58.0. The Kier molecular flexibility index (Phi) is 10.6. The first-order chi connectivity index (χ1) is 4.13. The summed E-state index contributed by atoms with van der Waals surface area (Å²) in [7, 11) is 0. The number of halogens is 3. The second-order valence-electron chi connectivity index (χ2n) is 2.32. The molecule has 2 N–H and O–H groups in total. The molecule has 0 aromatic rings. The third kappa shape index (κ3) is 11.6. The Morgan fingerprint density at radius 1 is 1.10 bits per heavy atom. The van der Waals surface area contributed by atoms with Gasteiger partial charge in [-0.05, 0) is 13.8 Å². The average molecular weight is 207 g/mol. The fourth-order valence-electron chi connectivity index (χ4n) is 0.556. The second-order valence-corrected chi connectivity index (χ2v) is 3.81. The molecule has 0 radical (unpaired) electrons. The lowest BCUT2D eigenvalue weighted by molar-refractivity contribution is -0.653. The van der Waals surface area contributed by atoms with Gasteiger partial charge in [0.25, 0.3) is 0 Å². The minimum atomic E-state index is 0. The highest BCUT2D eigenvalue weighted by molar-refractivity contribution is 6.20. The van der Waals surface area contributed by atoms with Crippen LogP contribution in [0.5, 0.6) is 0 Å². The molecule has 0 bridgehead atoms. The van der Waals surface area contributed by atoms with E-state index in [-0.39, 0.29) is 23.2 Å². The maximum atomic E-state index is 5.69. The molecular formula is C6H14Cl3N. The molecule has 64 valence electrons. The van der Waals surface area contributed by atoms with Gasteiger partial charge < -0.3 is 17.7 Å². The van der Waals surface area contributed by atoms with Crippen LogP contribution in [0.25, 0.3) is 0 Å². The molecule has 2 atom stereocenters. The third-order valence-electron chi connectivity index (χ3n) is 0.983. The molecule has 0 fully saturated rings. The summed E-state index contributed by atoms with van der Waals surface area (Å²) in [6.07, 6.45) is 0. The van der Waals surface area contributed by atoms with Crippen LogP contribution < -0.4 is 17.7 Å². The maximum Gasteiger partial charge on any atom is 0.0919 e. The van der Waals surface area contributed by atoms with Crippen LogP contribution in [0.3, 0.4) is 0 Å². The molecule has 0 rings (SSSR count). The molecule has 0 heterocycles. The zero-order valence-electron chi connectivity index (χ0n) is 6.28. The van der Waals surface area contributed by atoms with Crippen molar-refractivity contribution in [3.8, 4) is 0 Å². The summed E-state index contributed by atoms with van der Waals surface area (Å²) in [6, 6.07) is 0. The number of nitrogens with two attached hydrogens (primary N) is 1. The van der Waals surface area contributed by atoms with Gasteiger partial charge in [0, 0.05) is 0 Å². The quantitative estimate of drug-likeness (QED) is 0.504. The smallest absolute Gasteiger partial charge is 0.0919 e. The summed E-state index contributed by atoms with van der Waals surface area (Å²) in [4.78, 5) is 0. The summed E-state index contributed by atoms with van der Waals surface area (Å²) in [6.45, 7) is 5.88. The predicted molar refractivity (Wildman–Crippen MR) is 42.3 cm³/mol. The topological polar surface area (TPSA) is 16.6 Å². The molecule has 0 aromatic heterocycles. The van der Waals surface area contributed by atoms with Crippen molar-refractivity contribution in [3.05, 3.63) is 0 Å². The van der Waals surface area contributed by atoms with Gasteiger partial charge in [-0.15, -0.1) is 23.2 Å². The minimum absolute atomic E-state index is 0. The van der Waals surface area contributed by atoms with Crippen molar-refractivity contribution >= 4 is 23.2 Å². The number of hydrogen-bond donors (Lipinski definition) is 1. The minimum Gasteiger partial charge on any atom is -1.00 e. The largest absolute Gasteiger partial charge is 1.00 e. The van der Waals surface area contributed by atoms with Crippen LogP contribution in [0.2, 0.25) is 0 Å². The van der Waals surface area contributed by atoms with Gasteiger partial charge in [0.2, 0.25) is 0 Å². The first-order valence-electron chi connectivity index (χ1n) is 3.22. The maximum absolute atomic E-state index is 5.69. The Morgan fingerprint density at radius 2 is 1.40 bits per heavy atom. The summed E-state index contributed by atoms with van der Waals surface area (Å²) in [5.74, 6) is 0. The predicted octanol–water partition coefficient (Wildman–Crippen LogP) is -2.19. The molecule has 0 aliphatic heterocycles. The van der Waals surface area contributed by atoms with Crippen molar-refractivity contribution in [1.29, 1.82) is 0 Å². The molecule has 0 saturated carbocycles. The first-order valence-corrected chi connectivity index (χ1v) is 4.10. The van der Waals surface area contributed by atoms with Gasteiger partial charge in [0.1, 0.15) is 0 Å². The summed E-state index contributed by atoms with van der Waals surface area (Å²) >= 11 is 11.4. The van der Waals surface area contributed by atoms with E-state index in [0.717, 1.165) is 13.1 Å². The van der Waals surface area contributed by atoms with Crippen molar-refractivity contribution in [2.75, 3.05) is 13.1 Å². The van der Waals surface area contributed by atoms with Gasteiger partial charge in [-0.3, -0.25) is 0 Å². The molecule has 4 heteroatoms. The van der Waals surface area contributed by atoms with Crippen molar-refractivity contribution in [2.45, 2.75) is 24.6 Å². The molecule has 10 heavy (non-hydrogen) atoms. The van der Waals surface area contributed by atoms with Crippen molar-refractivity contribution in [3.63, 3.8) is 0 Å². The molecular weight excluding hydrogens is 192 g/mol. The van der Waals surface area contributed by atoms with Crippen LogP contribution in [-0.4, -0.2) is 23.8 Å². The molecule has 0 amide bonds. The van der Waals surface area contributed by atoms with Gasteiger partial charge in [0.05, 0.1) is 23.8 Å². The highest BCUT2D eigenvalue weighted by Crippen LogP contribution is 1.87. The average Bonchev–Trinajstić information content (AvgIpc) is 1.63. The molecule has 0 spiro atoms. The SMILES string of the molecule is CC(Cl)C[NH2+]CC(C)Cl.[Cl-]. The monoisotopic (exact) mass is 205 g/mol. The van der Waals surface area contributed by atoms with Gasteiger partial charge in [-0.2, -0.15) is 0 Å². The standard InChI is InChI=1S/C6H13Cl2N.ClH/c1-5(7)3-9-4-6(2)8;/h5-6,9H,3-4H2,1-2H3;1H. The van der Waals surface area contributed by atoms with Crippen molar-refractivity contribution in [1.82, 2.24) is 0 Å². The lowest BCUT2D eigenvalue weighted by Crippen LogP contribution is -3.00. The Hall–Kier alpha value is 0.830. The fraction of sp³-hybridized carbons (Fsp3) is 1.00. The van der Waals surface area contributed by atoms with E-state index >= 15 is 0 Å². The van der Waals surface area contributed by atoms with E-state index in [4.69, 9.17) is 23.2 Å². The highest BCUT2D eigenvalue weighted by atomic mass is 35.5. The second kappa shape index (κ2) is 7.93. The summed E-state index contributed by atoms with van der Waals surface area (Å²) < 4.78 is 0. The molecule has 0 saturated heterocycles. The van der Waals surface area contributed by atoms with Crippen LogP contribution in [0.4, 0.5) is 0 Å². The zero-order valence-corrected chi connectivity index (χ0v) is 8.55. The van der Waals surface area contributed by atoms with Crippen molar-refractivity contribution < 1.29 is 17.7 Å². The van der Waals surface area contributed by atoms with Gasteiger partial charge >= 0.3 is 0 Å². The molecule has 2 unspecified atom stereocenters. The van der Waals surface area contributed by atoms with Crippen LogP contribution in [-0.2, 0) is 0 Å². The fourth-order valence-corrected chi connectivity index (χ4v) is 0.808. The van der Waals surface area contributed by atoms with Crippen molar-refractivity contribution in [2.24, 2.45) is 0 Å². The van der Waals surface area contributed by atoms with E-state index in [0.29, 0.717) is 0 Å². The molecule has 0 aliphatic rings. The van der Waals surface area contributed by atoms with Gasteiger partial charge in [-0.25, -0.2) is 0 Å². The molecule has 1 nitrogen and oxygen atoms in total. The van der Waals surface area contributed by atoms with Crippen LogP contribution in [0.15, 0.2) is 0 Å². The summed E-state index contributed by atoms with van der Waals surface area (Å²) in [5.41, 5.74) is 0. The molecule has 0 aliphatic carbocycles. The van der Waals surface area contributed by atoms with E-state index in [9.17, 15) is 0 Å². The number of rotatable bonds is 4. The molecule has 0 aromatic carbocycles. The van der Waals surface area contributed by atoms with Gasteiger partial charge in [0.15, 0.2) is 0 Å². The van der Waals surface area contributed by atoms with E-state index in [1.54, 1.807) is 0 Å². The first kappa shape index (κ1) is 13.4. The van der Waals surface area contributed by atoms with E-state index in [1.807, 2.05) is 13.8 Å². The van der Waals surface area contributed by atoms with E-state index < -0.39 is 0 Å². The van der Waals surface area contributed by atoms with Crippen LogP contribution in [0.1, 0.15) is 13.8 Å². The Balaban J connectivity index is 0. The van der Waals surface area contributed by atoms with Crippen LogP contribution in [0, 0.1) is 0 Å². The van der Waals surface area contributed by atoms with E-state index in [1.165, 1.54) is 0 Å². The van der Waals surface area contributed by atoms with Crippen LogP contribution >= 0.6 is 23.2 Å². The lowest BCUT2D eigenvalue weighted by atomic mass is 10.4. The lowest BCUT2D eigenvalue weighted by Gasteiger charge is -2.02. The normalized spacial score (nSPS) is 15.6. The Morgan fingerprint density at radius 3 is 1.60 bits per heavy atom. The number of alkyl halides is 2. The number of hydrogen-bond acceptors (Lipinski definition) is 0. The summed E-state index contributed by atoms with van der Waals surface area (Å²) in [5, 5.41) is 2.64. The highest BCUT2D eigenvalue weighted by Gasteiger charge is 2.00. The number of quaternary nitrogens is 1.